The molecule has 1 aromatic rings. The van der Waals surface area contributed by atoms with Gasteiger partial charge in [-0.25, -0.2) is 0 Å². The predicted octanol–water partition coefficient (Wildman–Crippen LogP) is 2.18. The molecule has 1 aromatic heterocycles. The molecule has 0 aliphatic heterocycles. The molecule has 0 saturated heterocycles. The van der Waals surface area contributed by atoms with Gasteiger partial charge in [0.2, 0.25) is 5.91 Å². The molecule has 3 N–H and O–H groups in total. The van der Waals surface area contributed by atoms with E-state index in [9.17, 15) is 4.79 Å². The van der Waals surface area contributed by atoms with Gasteiger partial charge in [0.1, 0.15) is 0 Å². The summed E-state index contributed by atoms with van der Waals surface area (Å²) in [5, 5.41) is 2.95. The maximum Gasteiger partial charge on any atom is 0.227 e. The Morgan fingerprint density at radius 1 is 1.44 bits per heavy atom. The van der Waals surface area contributed by atoms with Gasteiger partial charge in [-0.1, -0.05) is 6.92 Å². The van der Waals surface area contributed by atoms with Gasteiger partial charge in [-0.05, 0) is 49.8 Å². The van der Waals surface area contributed by atoms with E-state index in [2.05, 4.69) is 17.2 Å². The number of nitrogens with zero attached hydrogens (tertiary/aromatic N) is 1. The highest BCUT2D eigenvalue weighted by molar-refractivity contribution is 5.92. The Kier molecular flexibility index (Phi) is 3.97. The highest BCUT2D eigenvalue weighted by Gasteiger charge is 2.32. The number of nitrogens with one attached hydrogen (secondary N) is 1. The van der Waals surface area contributed by atoms with Crippen LogP contribution in [-0.2, 0) is 4.79 Å². The molecule has 1 aliphatic carbocycles. The Labute approximate surface area is 108 Å². The highest BCUT2D eigenvalue weighted by Crippen LogP contribution is 2.38. The fraction of sp³-hybridized carbons (Fsp3) is 0.571. The van der Waals surface area contributed by atoms with Gasteiger partial charge in [-0.15, -0.1) is 0 Å². The lowest BCUT2D eigenvalue weighted by atomic mass is 9.71. The van der Waals surface area contributed by atoms with E-state index in [0.29, 0.717) is 6.54 Å². The molecule has 1 amide bonds. The van der Waals surface area contributed by atoms with Gasteiger partial charge >= 0.3 is 0 Å². The molecule has 2 rings (SSSR count). The summed E-state index contributed by atoms with van der Waals surface area (Å²) in [6, 6.07) is 3.62. The van der Waals surface area contributed by atoms with Gasteiger partial charge < -0.3 is 11.1 Å². The Morgan fingerprint density at radius 2 is 2.06 bits per heavy atom. The van der Waals surface area contributed by atoms with E-state index in [1.807, 2.05) is 12.1 Å². The van der Waals surface area contributed by atoms with Crippen molar-refractivity contribution in [2.75, 3.05) is 11.9 Å². The summed E-state index contributed by atoms with van der Waals surface area (Å²) in [6.45, 7) is 2.93. The van der Waals surface area contributed by atoms with E-state index in [0.717, 1.165) is 31.4 Å². The van der Waals surface area contributed by atoms with E-state index >= 15 is 0 Å². The van der Waals surface area contributed by atoms with Gasteiger partial charge in [0.05, 0.1) is 0 Å². The molecule has 1 fully saturated rings. The number of carbonyl (C=O) groups excluding carboxylic acids is 1. The molecular formula is C14H21N3O. The molecule has 1 saturated carbocycles. The second kappa shape index (κ2) is 5.48. The number of rotatable bonds is 3. The minimum atomic E-state index is 0.123. The summed E-state index contributed by atoms with van der Waals surface area (Å²) >= 11 is 0. The minimum Gasteiger partial charge on any atom is -0.330 e. The number of nitrogens with two attached hydrogens (primary N) is 1. The van der Waals surface area contributed by atoms with Crippen LogP contribution in [0, 0.1) is 11.3 Å². The van der Waals surface area contributed by atoms with Gasteiger partial charge in [-0.2, -0.15) is 0 Å². The number of hydrogen-bond donors (Lipinski definition) is 2. The molecule has 0 atom stereocenters. The smallest absolute Gasteiger partial charge is 0.227 e. The Balaban J connectivity index is 1.88. The first-order chi connectivity index (χ1) is 8.63. The quantitative estimate of drug-likeness (QED) is 0.860. The Hall–Kier alpha value is -1.42. The van der Waals surface area contributed by atoms with E-state index in [1.54, 1.807) is 12.4 Å². The fourth-order valence-corrected chi connectivity index (χ4v) is 2.46. The van der Waals surface area contributed by atoms with Crippen molar-refractivity contribution >= 4 is 11.6 Å². The van der Waals surface area contributed by atoms with E-state index in [-0.39, 0.29) is 17.2 Å². The summed E-state index contributed by atoms with van der Waals surface area (Å²) < 4.78 is 0. The zero-order valence-electron chi connectivity index (χ0n) is 10.9. The molecule has 0 aromatic carbocycles. The lowest BCUT2D eigenvalue weighted by molar-refractivity contribution is -0.121. The monoisotopic (exact) mass is 247 g/mol. The molecule has 0 bridgehead atoms. The minimum absolute atomic E-state index is 0.123. The molecule has 4 nitrogen and oxygen atoms in total. The van der Waals surface area contributed by atoms with Crippen molar-refractivity contribution in [3.63, 3.8) is 0 Å². The van der Waals surface area contributed by atoms with Crippen LogP contribution in [0.5, 0.6) is 0 Å². The number of amides is 1. The molecule has 4 heteroatoms. The second-order valence-corrected chi connectivity index (χ2v) is 5.51. The van der Waals surface area contributed by atoms with E-state index in [4.69, 9.17) is 5.73 Å². The molecule has 0 radical (unpaired) electrons. The standard InChI is InChI=1S/C14H21N3O/c1-14(10-15)6-2-11(3-7-14)13(18)17-12-4-8-16-9-5-12/h4-5,8-9,11H,2-3,6-7,10,15H2,1H3,(H,16,17,18). The van der Waals surface area contributed by atoms with Crippen LogP contribution in [0.25, 0.3) is 0 Å². The van der Waals surface area contributed by atoms with Crippen molar-refractivity contribution in [3.05, 3.63) is 24.5 Å². The zero-order chi connectivity index (χ0) is 13.0. The average molecular weight is 247 g/mol. The number of anilines is 1. The van der Waals surface area contributed by atoms with Crippen molar-refractivity contribution in [1.29, 1.82) is 0 Å². The van der Waals surface area contributed by atoms with Crippen LogP contribution in [0.2, 0.25) is 0 Å². The first kappa shape index (κ1) is 13.0. The van der Waals surface area contributed by atoms with Crippen molar-refractivity contribution in [2.45, 2.75) is 32.6 Å². The first-order valence-corrected chi connectivity index (χ1v) is 6.54. The summed E-state index contributed by atoms with van der Waals surface area (Å²) in [4.78, 5) is 16.0. The number of aromatic nitrogens is 1. The fourth-order valence-electron chi connectivity index (χ4n) is 2.46. The van der Waals surface area contributed by atoms with Crippen LogP contribution in [0.4, 0.5) is 5.69 Å². The lowest BCUT2D eigenvalue weighted by Gasteiger charge is -2.35. The average Bonchev–Trinajstić information content (AvgIpc) is 2.40. The largest absolute Gasteiger partial charge is 0.330 e. The van der Waals surface area contributed by atoms with Gasteiger partial charge in [-0.3, -0.25) is 9.78 Å². The lowest BCUT2D eigenvalue weighted by Crippen LogP contribution is -2.35. The number of hydrogen-bond acceptors (Lipinski definition) is 3. The molecule has 1 aliphatic rings. The maximum absolute atomic E-state index is 12.1. The van der Waals surface area contributed by atoms with Gasteiger partial charge in [0, 0.05) is 24.0 Å². The first-order valence-electron chi connectivity index (χ1n) is 6.54. The van der Waals surface area contributed by atoms with E-state index < -0.39 is 0 Å². The van der Waals surface area contributed by atoms with Crippen LogP contribution < -0.4 is 11.1 Å². The van der Waals surface area contributed by atoms with Gasteiger partial charge in [0.15, 0.2) is 0 Å². The molecule has 98 valence electrons. The predicted molar refractivity (Wildman–Crippen MR) is 72.0 cm³/mol. The third-order valence-electron chi connectivity index (χ3n) is 4.00. The van der Waals surface area contributed by atoms with Crippen LogP contribution in [0.3, 0.4) is 0 Å². The maximum atomic E-state index is 12.1. The normalized spacial score (nSPS) is 27.8. The second-order valence-electron chi connectivity index (χ2n) is 5.51. The van der Waals surface area contributed by atoms with E-state index in [1.165, 1.54) is 0 Å². The summed E-state index contributed by atoms with van der Waals surface area (Å²) in [6.07, 6.45) is 7.31. The summed E-state index contributed by atoms with van der Waals surface area (Å²) in [5.74, 6) is 0.248. The molecule has 1 heterocycles. The van der Waals surface area contributed by atoms with Crippen molar-refractivity contribution in [2.24, 2.45) is 17.1 Å². The summed E-state index contributed by atoms with van der Waals surface area (Å²) in [7, 11) is 0. The topological polar surface area (TPSA) is 68.0 Å². The van der Waals surface area contributed by atoms with Crippen molar-refractivity contribution in [1.82, 2.24) is 4.98 Å². The molecule has 0 unspecified atom stereocenters. The summed E-state index contributed by atoms with van der Waals surface area (Å²) in [5.41, 5.74) is 6.83. The zero-order valence-corrected chi connectivity index (χ0v) is 10.9. The van der Waals surface area contributed by atoms with Crippen molar-refractivity contribution in [3.8, 4) is 0 Å². The third kappa shape index (κ3) is 3.07. The van der Waals surface area contributed by atoms with Crippen LogP contribution in [-0.4, -0.2) is 17.4 Å². The SMILES string of the molecule is CC1(CN)CCC(C(=O)Nc2ccncc2)CC1. The Morgan fingerprint density at radius 3 is 2.61 bits per heavy atom. The van der Waals surface area contributed by atoms with Crippen LogP contribution >= 0.6 is 0 Å². The highest BCUT2D eigenvalue weighted by atomic mass is 16.1. The van der Waals surface area contributed by atoms with Crippen molar-refractivity contribution < 1.29 is 4.79 Å². The number of carbonyl (C=O) groups is 1. The molecule has 18 heavy (non-hydrogen) atoms. The van der Waals surface area contributed by atoms with Crippen LogP contribution in [0.1, 0.15) is 32.6 Å². The number of pyridine rings is 1. The Bertz CT molecular complexity index is 397. The van der Waals surface area contributed by atoms with Gasteiger partial charge in [0.25, 0.3) is 0 Å². The van der Waals surface area contributed by atoms with Crippen LogP contribution in [0.15, 0.2) is 24.5 Å². The molecule has 0 spiro atoms. The third-order valence-corrected chi connectivity index (χ3v) is 4.00. The molecular weight excluding hydrogens is 226 g/mol.